The van der Waals surface area contributed by atoms with E-state index in [0.29, 0.717) is 19.3 Å². The molecule has 3 fully saturated rings. The molecule has 0 amide bonds. The molecule has 5 atom stereocenters. The van der Waals surface area contributed by atoms with Gasteiger partial charge in [-0.2, -0.15) is 0 Å². The van der Waals surface area contributed by atoms with Crippen molar-refractivity contribution in [3.63, 3.8) is 0 Å². The Labute approximate surface area is 134 Å². The molecule has 1 aromatic rings. The summed E-state index contributed by atoms with van der Waals surface area (Å²) in [5.41, 5.74) is 1.78. The molecule has 1 saturated carbocycles. The third-order valence-electron chi connectivity index (χ3n) is 7.08. The Morgan fingerprint density at radius 1 is 1.30 bits per heavy atom. The summed E-state index contributed by atoms with van der Waals surface area (Å²) >= 11 is 0. The van der Waals surface area contributed by atoms with Crippen molar-refractivity contribution in [1.82, 2.24) is 0 Å². The van der Waals surface area contributed by atoms with Gasteiger partial charge in [-0.05, 0) is 72.9 Å². The van der Waals surface area contributed by atoms with Crippen LogP contribution in [-0.2, 0) is 28.0 Å². The van der Waals surface area contributed by atoms with Crippen molar-refractivity contribution in [2.75, 3.05) is 0 Å². The Morgan fingerprint density at radius 2 is 2.09 bits per heavy atom. The van der Waals surface area contributed by atoms with Gasteiger partial charge in [-0.25, -0.2) is 0 Å². The highest BCUT2D eigenvalue weighted by molar-refractivity contribution is 5.83. The first kappa shape index (κ1) is 13.7. The minimum Gasteiger partial charge on any atom is -0.461 e. The molecule has 5 unspecified atom stereocenters. The van der Waals surface area contributed by atoms with Crippen LogP contribution in [-0.4, -0.2) is 17.2 Å². The van der Waals surface area contributed by atoms with Gasteiger partial charge >= 0.3 is 5.97 Å². The molecule has 3 aliphatic carbocycles. The largest absolute Gasteiger partial charge is 0.461 e. The summed E-state index contributed by atoms with van der Waals surface area (Å²) in [6.07, 6.45) is 2.55. The van der Waals surface area contributed by atoms with E-state index in [1.54, 1.807) is 12.1 Å². The van der Waals surface area contributed by atoms with Crippen molar-refractivity contribution >= 4 is 5.97 Å². The van der Waals surface area contributed by atoms with Crippen molar-refractivity contribution in [3.8, 4) is 0 Å². The van der Waals surface area contributed by atoms with E-state index in [1.165, 1.54) is 0 Å². The zero-order chi connectivity index (χ0) is 16.1. The first-order valence-corrected chi connectivity index (χ1v) is 8.50. The Hall–Kier alpha value is -1.68. The molecule has 4 nitrogen and oxygen atoms in total. The van der Waals surface area contributed by atoms with E-state index in [2.05, 4.69) is 6.92 Å². The Balaban J connectivity index is 1.92. The zero-order valence-corrected chi connectivity index (χ0v) is 13.4. The number of ether oxygens (including phenoxy) is 1. The second-order valence-corrected chi connectivity index (χ2v) is 7.88. The molecule has 2 heterocycles. The number of aryl methyl sites for hydroxylation is 2. The van der Waals surface area contributed by atoms with Gasteiger partial charge in [0, 0.05) is 5.92 Å². The third-order valence-corrected chi connectivity index (χ3v) is 7.08. The predicted octanol–water partition coefficient (Wildman–Crippen LogP) is 1.61. The SMILES string of the molecule is Cc1cc(=O)cc2c3c1CC1C4CC(C)C(CC2)(C(=O)O4)C31O. The van der Waals surface area contributed by atoms with Crippen LogP contribution in [0.3, 0.4) is 0 Å². The molecular formula is C19H20O4. The number of hydrogen-bond acceptors (Lipinski definition) is 4. The number of fused-ring (bicyclic) bond motifs is 2. The number of rotatable bonds is 0. The van der Waals surface area contributed by atoms with Gasteiger partial charge in [0.1, 0.15) is 17.1 Å². The minimum absolute atomic E-state index is 0.0143. The van der Waals surface area contributed by atoms with Crippen LogP contribution in [0.5, 0.6) is 0 Å². The average Bonchev–Trinajstić information content (AvgIpc) is 2.73. The Kier molecular flexibility index (Phi) is 2.31. The molecule has 1 spiro atoms. The first-order valence-electron chi connectivity index (χ1n) is 8.50. The van der Waals surface area contributed by atoms with E-state index in [0.717, 1.165) is 28.7 Å². The van der Waals surface area contributed by atoms with Crippen molar-refractivity contribution in [3.05, 3.63) is 44.6 Å². The van der Waals surface area contributed by atoms with Crippen LogP contribution >= 0.6 is 0 Å². The van der Waals surface area contributed by atoms with Gasteiger partial charge in [0.05, 0.1) is 0 Å². The molecule has 1 N–H and O–H groups in total. The summed E-state index contributed by atoms with van der Waals surface area (Å²) in [6, 6.07) is 3.33. The molecule has 0 radical (unpaired) electrons. The maximum atomic E-state index is 12.8. The normalized spacial score (nSPS) is 42.4. The zero-order valence-electron chi connectivity index (χ0n) is 13.4. The molecule has 1 aromatic carbocycles. The number of esters is 1. The summed E-state index contributed by atoms with van der Waals surface area (Å²) in [6.45, 7) is 4.01. The number of aliphatic hydroxyl groups is 1. The van der Waals surface area contributed by atoms with Crippen LogP contribution in [0.4, 0.5) is 0 Å². The van der Waals surface area contributed by atoms with Crippen molar-refractivity contribution < 1.29 is 14.6 Å². The number of hydrogen-bond donors (Lipinski definition) is 1. The van der Waals surface area contributed by atoms with Crippen molar-refractivity contribution in [1.29, 1.82) is 0 Å². The van der Waals surface area contributed by atoms with Crippen LogP contribution in [0.15, 0.2) is 16.9 Å². The lowest BCUT2D eigenvalue weighted by atomic mass is 9.47. The fourth-order valence-corrected chi connectivity index (χ4v) is 6.11. The lowest BCUT2D eigenvalue weighted by Gasteiger charge is -2.62. The molecule has 4 heteroatoms. The van der Waals surface area contributed by atoms with Gasteiger partial charge in [-0.1, -0.05) is 6.92 Å². The molecule has 0 aromatic heterocycles. The fourth-order valence-electron chi connectivity index (χ4n) is 6.11. The summed E-state index contributed by atoms with van der Waals surface area (Å²) < 4.78 is 5.72. The lowest BCUT2D eigenvalue weighted by molar-refractivity contribution is -0.274. The maximum Gasteiger partial charge on any atom is 0.315 e. The fraction of sp³-hybridized carbons (Fsp3) is 0.579. The molecule has 2 aliphatic heterocycles. The minimum atomic E-state index is -1.16. The van der Waals surface area contributed by atoms with E-state index in [4.69, 9.17) is 4.74 Å². The molecule has 23 heavy (non-hydrogen) atoms. The van der Waals surface area contributed by atoms with Gasteiger partial charge in [0.25, 0.3) is 0 Å². The van der Waals surface area contributed by atoms with E-state index in [1.807, 2.05) is 6.92 Å². The van der Waals surface area contributed by atoms with Gasteiger partial charge in [0.2, 0.25) is 0 Å². The number of carbonyl (C=O) groups is 1. The summed E-state index contributed by atoms with van der Waals surface area (Å²) in [5, 5.41) is 11.9. The van der Waals surface area contributed by atoms with Gasteiger partial charge in [-0.15, -0.1) is 0 Å². The highest BCUT2D eigenvalue weighted by atomic mass is 16.6. The summed E-state index contributed by atoms with van der Waals surface area (Å²) in [7, 11) is 0. The molecule has 6 rings (SSSR count). The Morgan fingerprint density at radius 3 is 2.83 bits per heavy atom. The standard InChI is InChI=1S/C19H20O4/c1-9-5-12(20)7-11-3-4-18-10(2)6-15(23-17(18)21)14-8-13(9)16(11)19(14,18)22/h5,7,10,14-15,22H,3-4,6,8H2,1-2H3. The van der Waals surface area contributed by atoms with Crippen LogP contribution in [0.2, 0.25) is 0 Å². The first-order chi connectivity index (χ1) is 10.9. The molecule has 5 aliphatic rings. The van der Waals surface area contributed by atoms with Gasteiger partial charge in [-0.3, -0.25) is 9.59 Å². The Bertz CT molecular complexity index is 829. The van der Waals surface area contributed by atoms with Crippen LogP contribution < -0.4 is 5.43 Å². The smallest absolute Gasteiger partial charge is 0.315 e. The molecule has 2 bridgehead atoms. The average molecular weight is 312 g/mol. The molecule has 2 saturated heterocycles. The van der Waals surface area contributed by atoms with Crippen LogP contribution in [0.1, 0.15) is 42.0 Å². The second-order valence-electron chi connectivity index (χ2n) is 7.88. The summed E-state index contributed by atoms with van der Waals surface area (Å²) in [4.78, 5) is 24.9. The third kappa shape index (κ3) is 1.27. The lowest BCUT2D eigenvalue weighted by Crippen LogP contribution is -2.70. The molecular weight excluding hydrogens is 292 g/mol. The van der Waals surface area contributed by atoms with E-state index >= 15 is 0 Å². The van der Waals surface area contributed by atoms with Gasteiger partial charge < -0.3 is 9.84 Å². The van der Waals surface area contributed by atoms with E-state index in [-0.39, 0.29) is 29.3 Å². The van der Waals surface area contributed by atoms with E-state index < -0.39 is 11.0 Å². The van der Waals surface area contributed by atoms with Crippen molar-refractivity contribution in [2.45, 2.75) is 51.2 Å². The maximum absolute atomic E-state index is 12.8. The van der Waals surface area contributed by atoms with E-state index in [9.17, 15) is 14.7 Å². The quantitative estimate of drug-likeness (QED) is 0.739. The van der Waals surface area contributed by atoms with Crippen LogP contribution in [0.25, 0.3) is 0 Å². The second kappa shape index (κ2) is 3.86. The monoisotopic (exact) mass is 312 g/mol. The topological polar surface area (TPSA) is 63.6 Å². The van der Waals surface area contributed by atoms with Gasteiger partial charge in [0.15, 0.2) is 5.43 Å². The van der Waals surface area contributed by atoms with Crippen molar-refractivity contribution in [2.24, 2.45) is 17.3 Å². The number of carbonyl (C=O) groups excluding carboxylic acids is 1. The predicted molar refractivity (Wildman–Crippen MR) is 83.0 cm³/mol. The highest BCUT2D eigenvalue weighted by Crippen LogP contribution is 2.68. The molecule has 120 valence electrons. The highest BCUT2D eigenvalue weighted by Gasteiger charge is 2.75. The van der Waals surface area contributed by atoms with Crippen LogP contribution in [0, 0.1) is 24.2 Å². The summed E-state index contributed by atoms with van der Waals surface area (Å²) in [5.74, 6) is -0.196.